The van der Waals surface area contributed by atoms with E-state index in [9.17, 15) is 9.59 Å². The van der Waals surface area contributed by atoms with Gasteiger partial charge in [0.15, 0.2) is 0 Å². The molecule has 1 unspecified atom stereocenters. The Balaban J connectivity index is 1.28. The Morgan fingerprint density at radius 2 is 1.10 bits per heavy atom. The third-order valence-corrected chi connectivity index (χ3v) is 12.8. The van der Waals surface area contributed by atoms with Crippen LogP contribution in [0.3, 0.4) is 0 Å². The highest BCUT2D eigenvalue weighted by atomic mass is 16.2. The Labute approximate surface area is 297 Å². The van der Waals surface area contributed by atoms with E-state index < -0.39 is 0 Å². The molecule has 1 heterocycles. The van der Waals surface area contributed by atoms with Gasteiger partial charge in [-0.25, -0.2) is 0 Å². The normalized spacial score (nSPS) is 25.5. The Morgan fingerprint density at radius 3 is 1.60 bits per heavy atom. The number of rotatable bonds is 28. The van der Waals surface area contributed by atoms with Crippen LogP contribution in [0.25, 0.3) is 0 Å². The minimum Gasteiger partial charge on any atom is -0.349 e. The van der Waals surface area contributed by atoms with Gasteiger partial charge in [0, 0.05) is 18.5 Å². The number of amides is 2. The van der Waals surface area contributed by atoms with Gasteiger partial charge in [0.25, 0.3) is 0 Å². The molecule has 4 aliphatic carbocycles. The van der Waals surface area contributed by atoms with Crippen molar-refractivity contribution in [1.82, 2.24) is 15.1 Å². The molecule has 48 heavy (non-hydrogen) atoms. The number of carbonyl (C=O) groups excluding carboxylic acids is 2. The molecule has 4 saturated carbocycles. The number of nitrogens with zero attached hydrogens (tertiary/aromatic N) is 2. The van der Waals surface area contributed by atoms with E-state index in [0.717, 1.165) is 62.9 Å². The molecule has 5 heteroatoms. The van der Waals surface area contributed by atoms with Crippen molar-refractivity contribution in [1.29, 1.82) is 0 Å². The fourth-order valence-electron chi connectivity index (χ4n) is 10.5. The average Bonchev–Trinajstić information content (AvgIpc) is 3.58. The number of hydrogen-bond acceptors (Lipinski definition) is 3. The Morgan fingerprint density at radius 1 is 0.646 bits per heavy atom. The van der Waals surface area contributed by atoms with Crippen LogP contribution in [0.4, 0.5) is 0 Å². The van der Waals surface area contributed by atoms with E-state index in [0.29, 0.717) is 6.42 Å². The van der Waals surface area contributed by atoms with Crippen molar-refractivity contribution in [3.63, 3.8) is 0 Å². The van der Waals surface area contributed by atoms with Crippen molar-refractivity contribution in [2.45, 2.75) is 218 Å². The monoisotopic (exact) mass is 670 g/mol. The first kappa shape index (κ1) is 39.7. The Hall–Kier alpha value is -1.10. The highest BCUT2D eigenvalue weighted by Gasteiger charge is 2.52. The number of nitrogens with one attached hydrogen (secondary N) is 1. The minimum absolute atomic E-state index is 0.00449. The van der Waals surface area contributed by atoms with E-state index in [1.165, 1.54) is 167 Å². The van der Waals surface area contributed by atoms with Gasteiger partial charge in [-0.1, -0.05) is 129 Å². The summed E-state index contributed by atoms with van der Waals surface area (Å²) in [6, 6.07) is -0.294. The van der Waals surface area contributed by atoms with Crippen LogP contribution in [0.1, 0.15) is 206 Å². The molecule has 5 aliphatic rings. The van der Waals surface area contributed by atoms with Crippen molar-refractivity contribution in [3.8, 4) is 0 Å². The van der Waals surface area contributed by atoms with Crippen molar-refractivity contribution in [2.75, 3.05) is 26.2 Å². The molecule has 0 aromatic carbocycles. The number of carbonyl (C=O) groups is 2. The lowest BCUT2D eigenvalue weighted by Crippen LogP contribution is -2.63. The molecule has 0 aromatic heterocycles. The van der Waals surface area contributed by atoms with Crippen molar-refractivity contribution >= 4 is 11.8 Å². The summed E-state index contributed by atoms with van der Waals surface area (Å²) in [5.74, 6) is 2.86. The van der Waals surface area contributed by atoms with Gasteiger partial charge in [0.2, 0.25) is 11.8 Å². The van der Waals surface area contributed by atoms with Crippen molar-refractivity contribution in [2.24, 2.45) is 17.8 Å². The van der Waals surface area contributed by atoms with Crippen molar-refractivity contribution in [3.05, 3.63) is 0 Å². The van der Waals surface area contributed by atoms with Gasteiger partial charge in [-0.15, -0.1) is 0 Å². The third-order valence-electron chi connectivity index (χ3n) is 12.8. The molecule has 1 atom stereocenters. The molecule has 5 fully saturated rings. The fourth-order valence-corrected chi connectivity index (χ4v) is 10.5. The molecule has 1 saturated heterocycles. The van der Waals surface area contributed by atoms with Gasteiger partial charge in [-0.05, 0) is 108 Å². The van der Waals surface area contributed by atoms with Crippen LogP contribution >= 0.6 is 0 Å². The Bertz CT molecular complexity index is 848. The third kappa shape index (κ3) is 13.9. The molecule has 1 N–H and O–H groups in total. The average molecular weight is 670 g/mol. The second kappa shape index (κ2) is 22.7. The first-order chi connectivity index (χ1) is 23.5. The first-order valence-electron chi connectivity index (χ1n) is 21.9. The number of likely N-dealkylation sites (tertiary alicyclic amines) is 1. The van der Waals surface area contributed by atoms with E-state index in [2.05, 4.69) is 29.0 Å². The maximum atomic E-state index is 14.4. The summed E-state index contributed by atoms with van der Waals surface area (Å²) in [5.41, 5.74) is 0.00449. The van der Waals surface area contributed by atoms with Crippen molar-refractivity contribution < 1.29 is 9.59 Å². The maximum Gasteiger partial charge on any atom is 0.243 e. The zero-order chi connectivity index (χ0) is 33.9. The highest BCUT2D eigenvalue weighted by molar-refractivity contribution is 5.88. The van der Waals surface area contributed by atoms with Gasteiger partial charge in [-0.2, -0.15) is 0 Å². The molecule has 1 aliphatic heterocycles. The van der Waals surface area contributed by atoms with Gasteiger partial charge in [0.05, 0.1) is 0 Å². The summed E-state index contributed by atoms with van der Waals surface area (Å²) in [5, 5.41) is 3.73. The van der Waals surface area contributed by atoms with Crippen LogP contribution < -0.4 is 5.32 Å². The Kier molecular flexibility index (Phi) is 18.7. The summed E-state index contributed by atoms with van der Waals surface area (Å²) in [6.45, 7) is 8.75. The van der Waals surface area contributed by atoms with Gasteiger partial charge >= 0.3 is 0 Å². The SMILES string of the molecule is CCCCCCCCCCCCCCCC(=O)N(CCCN1CCCC1)C(CCCCCCCC)C(=O)NC12CC3CC(CC(C3)C1)C2. The lowest BCUT2D eigenvalue weighted by atomic mass is 9.53. The topological polar surface area (TPSA) is 52.7 Å². The van der Waals surface area contributed by atoms with E-state index in [1.807, 2.05) is 0 Å². The fraction of sp³-hybridized carbons (Fsp3) is 0.953. The second-order valence-electron chi connectivity index (χ2n) is 17.2. The zero-order valence-electron chi connectivity index (χ0n) is 32.1. The summed E-state index contributed by atoms with van der Waals surface area (Å²) < 4.78 is 0. The molecular weight excluding hydrogens is 590 g/mol. The van der Waals surface area contributed by atoms with E-state index >= 15 is 0 Å². The molecule has 0 radical (unpaired) electrons. The summed E-state index contributed by atoms with van der Waals surface area (Å²) >= 11 is 0. The standard InChI is InChI=1S/C43H79N3O2/c1-3-5-7-9-11-12-13-14-15-16-17-19-21-26-41(47)46(30-24-29-45-27-22-23-28-45)40(25-20-18-10-8-6-4-2)42(48)44-43-34-37-31-38(35-43)33-39(32-37)36-43/h37-40H,3-36H2,1-2H3,(H,44,48). The summed E-state index contributed by atoms with van der Waals surface area (Å²) in [6.07, 6.45) is 37.2. The van der Waals surface area contributed by atoms with Crippen LogP contribution in [-0.2, 0) is 9.59 Å². The molecule has 0 aromatic rings. The van der Waals surface area contributed by atoms with E-state index in [1.54, 1.807) is 0 Å². The predicted octanol–water partition coefficient (Wildman–Crippen LogP) is 11.0. The predicted molar refractivity (Wildman–Crippen MR) is 203 cm³/mol. The molecule has 2 amide bonds. The minimum atomic E-state index is -0.294. The van der Waals surface area contributed by atoms with Crippen LogP contribution in [-0.4, -0.2) is 59.4 Å². The number of unbranched alkanes of at least 4 members (excludes halogenated alkanes) is 17. The second-order valence-corrected chi connectivity index (χ2v) is 17.2. The molecule has 5 rings (SSSR count). The lowest BCUT2D eigenvalue weighted by molar-refractivity contribution is -0.143. The summed E-state index contributed by atoms with van der Waals surface area (Å²) in [4.78, 5) is 33.2. The van der Waals surface area contributed by atoms with Crippen LogP contribution in [0, 0.1) is 17.8 Å². The first-order valence-corrected chi connectivity index (χ1v) is 21.9. The number of hydrogen-bond donors (Lipinski definition) is 1. The largest absolute Gasteiger partial charge is 0.349 e. The van der Waals surface area contributed by atoms with Crippen LogP contribution in [0.5, 0.6) is 0 Å². The van der Waals surface area contributed by atoms with E-state index in [4.69, 9.17) is 0 Å². The molecule has 4 bridgehead atoms. The molecule has 278 valence electrons. The van der Waals surface area contributed by atoms with Gasteiger partial charge in [0.1, 0.15) is 6.04 Å². The maximum absolute atomic E-state index is 14.4. The molecule has 5 nitrogen and oxygen atoms in total. The van der Waals surface area contributed by atoms with Gasteiger partial charge in [-0.3, -0.25) is 9.59 Å². The molecular formula is C43H79N3O2. The van der Waals surface area contributed by atoms with Crippen LogP contribution in [0.2, 0.25) is 0 Å². The smallest absolute Gasteiger partial charge is 0.243 e. The summed E-state index contributed by atoms with van der Waals surface area (Å²) in [7, 11) is 0. The highest BCUT2D eigenvalue weighted by Crippen LogP contribution is 2.55. The van der Waals surface area contributed by atoms with E-state index in [-0.39, 0.29) is 23.4 Å². The van der Waals surface area contributed by atoms with Crippen LogP contribution in [0.15, 0.2) is 0 Å². The lowest BCUT2D eigenvalue weighted by Gasteiger charge is -2.57. The quantitative estimate of drug-likeness (QED) is 0.0844. The van der Waals surface area contributed by atoms with Gasteiger partial charge < -0.3 is 15.1 Å². The molecule has 0 spiro atoms. The zero-order valence-corrected chi connectivity index (χ0v) is 32.1.